The quantitative estimate of drug-likeness (QED) is 0.618. The first-order valence-electron chi connectivity index (χ1n) is 12.6. The van der Waals surface area contributed by atoms with E-state index in [4.69, 9.17) is 23.7 Å². The van der Waals surface area contributed by atoms with Crippen LogP contribution in [0.25, 0.3) is 0 Å². The number of rotatable bonds is 3. The predicted molar refractivity (Wildman–Crippen MR) is 125 cm³/mol. The number of nitrogens with zero attached hydrogens (tertiary/aromatic N) is 1. The lowest BCUT2D eigenvalue weighted by atomic mass is 9.77. The fourth-order valence-electron chi connectivity index (χ4n) is 7.04. The van der Waals surface area contributed by atoms with Crippen LogP contribution in [-0.4, -0.2) is 60.7 Å². The molecule has 34 heavy (non-hydrogen) atoms. The molecule has 5 aliphatic rings. The van der Waals surface area contributed by atoms with E-state index in [0.29, 0.717) is 6.42 Å². The second-order valence-electron chi connectivity index (χ2n) is 11.2. The van der Waals surface area contributed by atoms with Gasteiger partial charge in [-0.3, -0.25) is 4.90 Å². The van der Waals surface area contributed by atoms with Gasteiger partial charge in [-0.05, 0) is 95.2 Å². The minimum Gasteiger partial charge on any atom is -0.497 e. The van der Waals surface area contributed by atoms with Crippen LogP contribution in [0, 0.1) is 0 Å². The Balaban J connectivity index is 1.41. The lowest BCUT2D eigenvalue weighted by Crippen LogP contribution is -2.52. The zero-order chi connectivity index (χ0) is 23.7. The Hall–Kier alpha value is -2.25. The van der Waals surface area contributed by atoms with E-state index in [9.17, 15) is 4.79 Å². The maximum atomic E-state index is 13.7. The van der Waals surface area contributed by atoms with Gasteiger partial charge in [0, 0.05) is 6.54 Å². The number of carbonyl (C=O) groups excluding carboxylic acids is 1. The summed E-state index contributed by atoms with van der Waals surface area (Å²) in [5.74, 6) is 1.92. The van der Waals surface area contributed by atoms with E-state index in [-0.39, 0.29) is 29.8 Å². The third kappa shape index (κ3) is 3.27. The van der Waals surface area contributed by atoms with Crippen molar-refractivity contribution in [1.82, 2.24) is 4.90 Å². The maximum Gasteiger partial charge on any atom is 0.338 e. The second-order valence-corrected chi connectivity index (χ2v) is 11.2. The molecular formula is C27H35NO6. The molecule has 4 heterocycles. The van der Waals surface area contributed by atoms with Crippen LogP contribution in [0.4, 0.5) is 0 Å². The van der Waals surface area contributed by atoms with E-state index >= 15 is 0 Å². The molecule has 2 saturated heterocycles. The molecule has 1 unspecified atom stereocenters. The first-order valence-corrected chi connectivity index (χ1v) is 12.6. The monoisotopic (exact) mass is 469 g/mol. The molecule has 7 heteroatoms. The zero-order valence-electron chi connectivity index (χ0n) is 20.6. The van der Waals surface area contributed by atoms with Crippen molar-refractivity contribution in [2.45, 2.75) is 88.1 Å². The van der Waals surface area contributed by atoms with Gasteiger partial charge in [0.05, 0.1) is 24.2 Å². The highest BCUT2D eigenvalue weighted by Gasteiger charge is 2.59. The van der Waals surface area contributed by atoms with Gasteiger partial charge in [-0.2, -0.15) is 0 Å². The minimum absolute atomic E-state index is 0.0684. The summed E-state index contributed by atoms with van der Waals surface area (Å²) in [6.07, 6.45) is 7.29. The third-order valence-corrected chi connectivity index (χ3v) is 8.56. The number of fused-ring (bicyclic) bond motifs is 3. The molecule has 1 spiro atoms. The Morgan fingerprint density at radius 1 is 1.06 bits per heavy atom. The topological polar surface area (TPSA) is 66.5 Å². The van der Waals surface area contributed by atoms with Crippen molar-refractivity contribution >= 4 is 5.97 Å². The van der Waals surface area contributed by atoms with Crippen LogP contribution in [0.1, 0.15) is 69.9 Å². The van der Waals surface area contributed by atoms with Gasteiger partial charge in [0.25, 0.3) is 0 Å². The number of ether oxygens (including phenoxy) is 5. The molecule has 0 aromatic heterocycles. The highest BCUT2D eigenvalue weighted by atomic mass is 16.7. The highest BCUT2D eigenvalue weighted by molar-refractivity contribution is 5.80. The molecule has 0 saturated carbocycles. The summed E-state index contributed by atoms with van der Waals surface area (Å²) in [7, 11) is 1.68. The summed E-state index contributed by atoms with van der Waals surface area (Å²) in [6.45, 7) is 8.18. The number of esters is 1. The minimum atomic E-state index is -0.964. The van der Waals surface area contributed by atoms with Crippen molar-refractivity contribution in [3.05, 3.63) is 35.1 Å². The molecule has 0 amide bonds. The molecule has 2 fully saturated rings. The van der Waals surface area contributed by atoms with Crippen LogP contribution < -0.4 is 9.47 Å². The van der Waals surface area contributed by atoms with Crippen molar-refractivity contribution in [2.75, 3.05) is 27.0 Å². The molecule has 184 valence electrons. The number of hydrogen-bond donors (Lipinski definition) is 0. The Labute approximate surface area is 201 Å². The van der Waals surface area contributed by atoms with Crippen LogP contribution >= 0.6 is 0 Å². The molecular weight excluding hydrogens is 434 g/mol. The van der Waals surface area contributed by atoms with Gasteiger partial charge >= 0.3 is 5.97 Å². The zero-order valence-corrected chi connectivity index (χ0v) is 20.6. The Bertz CT molecular complexity index is 1050. The fraction of sp³-hybridized carbons (Fsp3) is 0.667. The average Bonchev–Trinajstić information content (AvgIpc) is 3.46. The molecule has 1 aromatic carbocycles. The van der Waals surface area contributed by atoms with Crippen LogP contribution in [-0.2, 0) is 25.4 Å². The smallest absolute Gasteiger partial charge is 0.338 e. The van der Waals surface area contributed by atoms with Crippen molar-refractivity contribution in [2.24, 2.45) is 0 Å². The number of carbonyl (C=O) groups is 1. The van der Waals surface area contributed by atoms with Crippen LogP contribution in [0.5, 0.6) is 11.5 Å². The molecule has 1 aromatic rings. The van der Waals surface area contributed by atoms with E-state index in [0.717, 1.165) is 62.5 Å². The Morgan fingerprint density at radius 2 is 1.85 bits per heavy atom. The Morgan fingerprint density at radius 3 is 2.62 bits per heavy atom. The lowest BCUT2D eigenvalue weighted by Gasteiger charge is -2.43. The highest BCUT2D eigenvalue weighted by Crippen LogP contribution is 2.56. The summed E-state index contributed by atoms with van der Waals surface area (Å²) in [4.78, 5) is 16.2. The third-order valence-electron chi connectivity index (χ3n) is 8.56. The maximum absolute atomic E-state index is 13.7. The molecule has 7 nitrogen and oxygen atoms in total. The SMILES string of the molecule is COC1=C[C@]23CCCN2CCc2cc4c(cc2[C@@H]3C1OC(=O)[C@]1(C)CCCC(C)(C)O1)OCO4. The molecule has 1 aliphatic carbocycles. The molecule has 6 rings (SSSR count). The second kappa shape index (κ2) is 7.62. The fourth-order valence-corrected chi connectivity index (χ4v) is 7.04. The van der Waals surface area contributed by atoms with Crippen LogP contribution in [0.3, 0.4) is 0 Å². The standard InChI is InChI=1S/C27H35NO6/c1-25(2)8-5-9-26(3,34-25)24(29)33-23-21(30-4)15-27-10-6-11-28(27)12-7-17-13-19-20(32-16-31-19)14-18(17)22(23)27/h13-15,22-23H,5-12,16H2,1-4H3/t22-,23?,26+,27+/m1/s1. The van der Waals surface area contributed by atoms with E-state index in [1.54, 1.807) is 7.11 Å². The largest absolute Gasteiger partial charge is 0.497 e. The van der Waals surface area contributed by atoms with Gasteiger partial charge in [-0.25, -0.2) is 4.79 Å². The molecule has 4 aliphatic heterocycles. The van der Waals surface area contributed by atoms with E-state index in [1.807, 2.05) is 20.8 Å². The summed E-state index contributed by atoms with van der Waals surface area (Å²) in [5, 5.41) is 0. The van der Waals surface area contributed by atoms with Crippen molar-refractivity contribution in [3.63, 3.8) is 0 Å². The first-order chi connectivity index (χ1) is 16.2. The lowest BCUT2D eigenvalue weighted by molar-refractivity contribution is -0.207. The van der Waals surface area contributed by atoms with Crippen molar-refractivity contribution in [3.8, 4) is 11.5 Å². The predicted octanol–water partition coefficient (Wildman–Crippen LogP) is 4.08. The average molecular weight is 470 g/mol. The van der Waals surface area contributed by atoms with Crippen molar-refractivity contribution < 1.29 is 28.5 Å². The summed E-state index contributed by atoms with van der Waals surface area (Å²) in [5.41, 5.74) is 0.857. The van der Waals surface area contributed by atoms with Gasteiger partial charge in [0.1, 0.15) is 5.76 Å². The van der Waals surface area contributed by atoms with Gasteiger partial charge in [0.2, 0.25) is 6.79 Å². The molecule has 0 bridgehead atoms. The normalized spacial score (nSPS) is 35.6. The molecule has 4 atom stereocenters. The van der Waals surface area contributed by atoms with Gasteiger partial charge in [-0.15, -0.1) is 0 Å². The van der Waals surface area contributed by atoms with Crippen LogP contribution in [0.15, 0.2) is 24.0 Å². The first kappa shape index (κ1) is 22.2. The van der Waals surface area contributed by atoms with Gasteiger partial charge in [0.15, 0.2) is 23.2 Å². The number of hydrogen-bond acceptors (Lipinski definition) is 7. The van der Waals surface area contributed by atoms with Crippen LogP contribution in [0.2, 0.25) is 0 Å². The van der Waals surface area contributed by atoms with E-state index in [1.165, 1.54) is 11.1 Å². The van der Waals surface area contributed by atoms with E-state index in [2.05, 4.69) is 23.1 Å². The van der Waals surface area contributed by atoms with Crippen molar-refractivity contribution in [1.29, 1.82) is 0 Å². The summed E-state index contributed by atoms with van der Waals surface area (Å²) < 4.78 is 30.0. The van der Waals surface area contributed by atoms with E-state index < -0.39 is 11.7 Å². The Kier molecular flexibility index (Phi) is 4.98. The van der Waals surface area contributed by atoms with Gasteiger partial charge in [-0.1, -0.05) is 0 Å². The number of methoxy groups -OCH3 is 1. The molecule has 0 radical (unpaired) electrons. The molecule has 0 N–H and O–H groups in total. The summed E-state index contributed by atoms with van der Waals surface area (Å²) >= 11 is 0. The summed E-state index contributed by atoms with van der Waals surface area (Å²) in [6, 6.07) is 4.23. The number of benzene rings is 1. The van der Waals surface area contributed by atoms with Gasteiger partial charge < -0.3 is 23.7 Å².